The van der Waals surface area contributed by atoms with E-state index in [-0.39, 0.29) is 36.0 Å². The molecule has 5 rings (SSSR count). The van der Waals surface area contributed by atoms with Gasteiger partial charge < -0.3 is 46.4 Å². The summed E-state index contributed by atoms with van der Waals surface area (Å²) in [5.74, 6) is -8.33. The molecule has 3 saturated heterocycles. The van der Waals surface area contributed by atoms with E-state index in [2.05, 4.69) is 26.0 Å². The fraction of sp³-hybridized carbons (Fsp3) is 0.400. The van der Waals surface area contributed by atoms with Gasteiger partial charge in [-0.3, -0.25) is 29.5 Å². The first-order valence-corrected chi connectivity index (χ1v) is 18.0. The number of benzene rings is 1. The summed E-state index contributed by atoms with van der Waals surface area (Å²) < 4.78 is 0. The van der Waals surface area contributed by atoms with Gasteiger partial charge in [0.05, 0.1) is 29.4 Å². The van der Waals surface area contributed by atoms with Crippen LogP contribution in [0.5, 0.6) is 11.5 Å². The zero-order valence-corrected chi connectivity index (χ0v) is 31.0. The van der Waals surface area contributed by atoms with Crippen molar-refractivity contribution < 1.29 is 64.0 Å². The molecule has 9 N–H and O–H groups in total. The summed E-state index contributed by atoms with van der Waals surface area (Å²) in [5.41, 5.74) is 4.93. The van der Waals surface area contributed by atoms with Gasteiger partial charge in [-0.05, 0) is 26.0 Å². The number of carboxylic acid groups (broad SMARTS) is 2. The number of oxime groups is 2. The van der Waals surface area contributed by atoms with Crippen LogP contribution in [0.1, 0.15) is 37.9 Å². The lowest BCUT2D eigenvalue weighted by molar-refractivity contribution is -0.161. The average Bonchev–Trinajstić information content (AvgIpc) is 3.83. The van der Waals surface area contributed by atoms with Crippen LogP contribution >= 0.6 is 34.7 Å². The van der Waals surface area contributed by atoms with Crippen LogP contribution in [0.25, 0.3) is 0 Å². The number of thioether (sulfide) groups is 1. The predicted octanol–water partition coefficient (Wildman–Crippen LogP) is -0.201. The zero-order valence-electron chi connectivity index (χ0n) is 28.6. The Morgan fingerprint density at radius 2 is 1.85 bits per heavy atom. The van der Waals surface area contributed by atoms with Crippen LogP contribution < -0.4 is 16.5 Å². The Morgan fingerprint density at radius 3 is 2.47 bits per heavy atom. The molecule has 1 unspecified atom stereocenters. The molecule has 0 bridgehead atoms. The number of urea groups is 1. The number of fused-ring (bicyclic) bond motifs is 1. The smallest absolute Gasteiger partial charge is 0.350 e. The van der Waals surface area contributed by atoms with Gasteiger partial charge in [-0.2, -0.15) is 0 Å². The quantitative estimate of drug-likeness (QED) is 0.0379. The highest BCUT2D eigenvalue weighted by Gasteiger charge is 2.66. The number of nitrogens with one attached hydrogen (secondary N) is 2. The van der Waals surface area contributed by atoms with Crippen molar-refractivity contribution in [1.29, 1.82) is 0 Å². The molecule has 1 aromatic carbocycles. The number of carboxylic acids is 2. The van der Waals surface area contributed by atoms with Crippen LogP contribution in [0.15, 0.2) is 27.8 Å². The molecule has 0 radical (unpaired) electrons. The Labute approximate surface area is 322 Å². The molecule has 0 spiro atoms. The van der Waals surface area contributed by atoms with Crippen molar-refractivity contribution in [2.75, 3.05) is 31.9 Å². The van der Waals surface area contributed by atoms with Gasteiger partial charge in [0.15, 0.2) is 33.8 Å². The number of hydrogen-bond donors (Lipinski definition) is 8. The number of ketones is 1. The van der Waals surface area contributed by atoms with Gasteiger partial charge in [0.2, 0.25) is 22.3 Å². The fourth-order valence-electron chi connectivity index (χ4n) is 5.59. The van der Waals surface area contributed by atoms with Crippen molar-refractivity contribution in [2.45, 2.75) is 42.5 Å². The van der Waals surface area contributed by atoms with Crippen molar-refractivity contribution in [2.24, 2.45) is 16.2 Å². The molecule has 3 fully saturated rings. The molecular formula is C30H32ClN9O13S2. The van der Waals surface area contributed by atoms with Crippen molar-refractivity contribution >= 4 is 92.7 Å². The maximum absolute atomic E-state index is 13.5. The van der Waals surface area contributed by atoms with E-state index in [0.29, 0.717) is 0 Å². The number of rotatable bonds is 15. The third-order valence-corrected chi connectivity index (χ3v) is 11.4. The van der Waals surface area contributed by atoms with Crippen LogP contribution in [-0.4, -0.2) is 140 Å². The van der Waals surface area contributed by atoms with Crippen molar-refractivity contribution in [1.82, 2.24) is 30.5 Å². The largest absolute Gasteiger partial charge is 0.504 e. The minimum atomic E-state index is -2.00. The number of hydrogen-bond acceptors (Lipinski definition) is 17. The lowest BCUT2D eigenvalue weighted by Gasteiger charge is -2.40. The molecule has 3 aliphatic rings. The second kappa shape index (κ2) is 15.5. The summed E-state index contributed by atoms with van der Waals surface area (Å²) in [5, 5.41) is 58.4. The number of phenols is 2. The minimum Gasteiger partial charge on any atom is -0.504 e. The van der Waals surface area contributed by atoms with E-state index in [4.69, 9.17) is 22.2 Å². The SMILES string of the molecule is CC(C)(O/N=C(\C(=O)CC1C(=O)N2C[C@@](C(=O)O)(N3CCN(NC(=O)CCNC(=O)/C(=N\O)c4ccc(O)c(O)c4Cl)C3=O)S[C@H]12)c1csc(N)n1)C(=O)O. The Morgan fingerprint density at radius 1 is 1.15 bits per heavy atom. The Balaban J connectivity index is 1.20. The monoisotopic (exact) mass is 825 g/mol. The first kappa shape index (κ1) is 40.3. The normalized spacial score (nSPS) is 21.3. The van der Waals surface area contributed by atoms with Gasteiger partial charge in [0.1, 0.15) is 5.69 Å². The van der Waals surface area contributed by atoms with Gasteiger partial charge in [-0.1, -0.05) is 33.7 Å². The number of hydrazine groups is 1. The third kappa shape index (κ3) is 7.72. The molecule has 294 valence electrons. The number of nitrogens with two attached hydrogens (primary N) is 1. The van der Waals surface area contributed by atoms with Gasteiger partial charge in [0, 0.05) is 36.9 Å². The first-order valence-electron chi connectivity index (χ1n) is 15.9. The average molecular weight is 826 g/mol. The van der Waals surface area contributed by atoms with E-state index in [9.17, 15) is 59.2 Å². The lowest BCUT2D eigenvalue weighted by Crippen LogP contribution is -2.60. The number of halogens is 1. The zero-order chi connectivity index (χ0) is 40.6. The topological polar surface area (TPSA) is 327 Å². The molecule has 2 aromatic rings. The van der Waals surface area contributed by atoms with E-state index >= 15 is 0 Å². The standard InChI is InChI=1S/C30H32ClN9O13S2/c1-29(2,25(47)48)53-37-20(14-10-54-27(32)34-14)16(42)9-13-23(46)38-11-30(26(49)50,55-24(13)38)39-7-8-40(28(39)51)35-17(43)5-6-33-22(45)19(36-52)12-3-4-15(41)21(44)18(12)31/h3-4,10,13,24,41,44,52H,5-9,11H2,1-2H3,(H2,32,34)(H,33,45)(H,35,43)(H,47,48)(H,49,50)/b36-19-,37-20-/t13?,24-,30-/m1/s1. The summed E-state index contributed by atoms with van der Waals surface area (Å²) in [6.45, 7) is 1.30. The predicted molar refractivity (Wildman–Crippen MR) is 190 cm³/mol. The second-order valence-corrected chi connectivity index (χ2v) is 15.2. The molecule has 5 amide bonds. The first-order chi connectivity index (χ1) is 25.8. The highest BCUT2D eigenvalue weighted by molar-refractivity contribution is 8.02. The third-order valence-electron chi connectivity index (χ3n) is 8.61. The van der Waals surface area contributed by atoms with Gasteiger partial charge >= 0.3 is 18.0 Å². The summed E-state index contributed by atoms with van der Waals surface area (Å²) in [4.78, 5) is 99.1. The van der Waals surface area contributed by atoms with Gasteiger partial charge in [0.25, 0.3) is 5.91 Å². The number of aliphatic carboxylic acids is 2. The van der Waals surface area contributed by atoms with E-state index in [1.807, 2.05) is 0 Å². The molecule has 22 nitrogen and oxygen atoms in total. The second-order valence-electron chi connectivity index (χ2n) is 12.6. The van der Waals surface area contributed by atoms with Crippen LogP contribution in [0.2, 0.25) is 5.02 Å². The number of carbonyl (C=O) groups is 7. The van der Waals surface area contributed by atoms with Crippen molar-refractivity contribution in [3.05, 3.63) is 33.8 Å². The number of anilines is 1. The number of nitrogen functional groups attached to an aromatic ring is 1. The number of aromatic nitrogens is 1. The molecular weight excluding hydrogens is 794 g/mol. The lowest BCUT2D eigenvalue weighted by atomic mass is 9.90. The number of nitrogens with zero attached hydrogens (tertiary/aromatic N) is 6. The van der Waals surface area contributed by atoms with Crippen LogP contribution in [0.3, 0.4) is 0 Å². The van der Waals surface area contributed by atoms with E-state index in [1.165, 1.54) is 24.1 Å². The van der Waals surface area contributed by atoms with Crippen LogP contribution in [-0.2, 0) is 33.6 Å². The number of Topliss-reactive ketones (excluding diaryl/α,β-unsaturated/α-hetero) is 1. The van der Waals surface area contributed by atoms with Crippen LogP contribution in [0.4, 0.5) is 9.93 Å². The number of thiazole rings is 1. The molecule has 4 heterocycles. The van der Waals surface area contributed by atoms with E-state index < -0.39 is 111 Å². The summed E-state index contributed by atoms with van der Waals surface area (Å²) >= 11 is 7.67. The van der Waals surface area contributed by atoms with Crippen molar-refractivity contribution in [3.63, 3.8) is 0 Å². The maximum atomic E-state index is 13.5. The maximum Gasteiger partial charge on any atom is 0.350 e. The number of phenolic OH excluding ortho intramolecular Hbond substituents is 2. The Kier molecular flexibility index (Phi) is 11.3. The molecule has 3 atom stereocenters. The van der Waals surface area contributed by atoms with E-state index in [1.54, 1.807) is 0 Å². The number of aromatic hydroxyl groups is 2. The molecule has 1 aromatic heterocycles. The minimum absolute atomic E-state index is 0.0210. The highest BCUT2D eigenvalue weighted by Crippen LogP contribution is 2.53. The fourth-order valence-corrected chi connectivity index (χ4v) is 8.08. The molecule has 0 aliphatic carbocycles. The van der Waals surface area contributed by atoms with Crippen molar-refractivity contribution in [3.8, 4) is 11.5 Å². The molecule has 3 aliphatic heterocycles. The summed E-state index contributed by atoms with van der Waals surface area (Å²) in [6, 6.07) is 1.22. The molecule has 0 saturated carbocycles. The molecule has 25 heteroatoms. The Bertz CT molecular complexity index is 2040. The Hall–Kier alpha value is -5.88. The highest BCUT2D eigenvalue weighted by atomic mass is 35.5. The summed E-state index contributed by atoms with van der Waals surface area (Å²) in [6.07, 6.45) is -0.891. The number of carbonyl (C=O) groups excluding carboxylic acids is 5. The number of amides is 5. The number of β-lactam (4-membered cyclic amide) rings is 1. The van der Waals surface area contributed by atoms with Crippen LogP contribution in [0, 0.1) is 5.92 Å². The van der Waals surface area contributed by atoms with E-state index in [0.717, 1.165) is 45.1 Å². The van der Waals surface area contributed by atoms with Gasteiger partial charge in [-0.25, -0.2) is 24.4 Å². The van der Waals surface area contributed by atoms with Gasteiger partial charge in [-0.15, -0.1) is 11.3 Å². The summed E-state index contributed by atoms with van der Waals surface area (Å²) in [7, 11) is 0. The molecule has 55 heavy (non-hydrogen) atoms.